The maximum Gasteiger partial charge on any atom is 0.254 e. The van der Waals surface area contributed by atoms with E-state index in [1.165, 1.54) is 0 Å². The fraction of sp³-hybridized carbons (Fsp3) is 0.533. The van der Waals surface area contributed by atoms with E-state index in [0.29, 0.717) is 27.4 Å². The third kappa shape index (κ3) is 2.12. The lowest BCUT2D eigenvalue weighted by Crippen LogP contribution is -2.47. The summed E-state index contributed by atoms with van der Waals surface area (Å²) in [5.41, 5.74) is 0.484. The molecule has 2 aliphatic heterocycles. The van der Waals surface area contributed by atoms with E-state index in [-0.39, 0.29) is 11.4 Å². The van der Waals surface area contributed by atoms with Crippen LogP contribution < -0.4 is 5.32 Å². The zero-order valence-corrected chi connectivity index (χ0v) is 13.1. The fourth-order valence-electron chi connectivity index (χ4n) is 3.55. The van der Waals surface area contributed by atoms with Gasteiger partial charge in [-0.3, -0.25) is 4.79 Å². The summed E-state index contributed by atoms with van der Waals surface area (Å²) in [7, 11) is 0. The second-order valence-corrected chi connectivity index (χ2v) is 7.04. The van der Waals surface area contributed by atoms with Crippen molar-refractivity contribution in [2.24, 2.45) is 11.8 Å². The lowest BCUT2D eigenvalue weighted by atomic mass is 9.84. The SMILES string of the molecule is CC1(C)C2CNCC2CN1C(=O)c1ccc(Cl)c(Cl)c1. The van der Waals surface area contributed by atoms with Crippen LogP contribution in [0.3, 0.4) is 0 Å². The number of halogens is 2. The van der Waals surface area contributed by atoms with Crippen LogP contribution in [0.25, 0.3) is 0 Å². The van der Waals surface area contributed by atoms with Crippen LogP contribution in [-0.2, 0) is 0 Å². The minimum atomic E-state index is -0.128. The molecule has 0 aromatic heterocycles. The summed E-state index contributed by atoms with van der Waals surface area (Å²) in [6.07, 6.45) is 0. The van der Waals surface area contributed by atoms with Gasteiger partial charge in [-0.2, -0.15) is 0 Å². The normalized spacial score (nSPS) is 27.7. The molecule has 0 spiro atoms. The molecule has 0 aliphatic carbocycles. The Kier molecular flexibility index (Phi) is 3.47. The Balaban J connectivity index is 1.89. The maximum atomic E-state index is 12.8. The van der Waals surface area contributed by atoms with Gasteiger partial charge in [0.25, 0.3) is 5.91 Å². The van der Waals surface area contributed by atoms with Crippen LogP contribution in [-0.4, -0.2) is 36.0 Å². The molecule has 2 unspecified atom stereocenters. The number of rotatable bonds is 1. The van der Waals surface area contributed by atoms with Crippen LogP contribution in [0, 0.1) is 11.8 Å². The molecule has 1 aromatic carbocycles. The fourth-order valence-corrected chi connectivity index (χ4v) is 3.85. The lowest BCUT2D eigenvalue weighted by molar-refractivity contribution is 0.0603. The number of nitrogens with zero attached hydrogens (tertiary/aromatic N) is 1. The number of nitrogens with one attached hydrogen (secondary N) is 1. The highest BCUT2D eigenvalue weighted by atomic mass is 35.5. The van der Waals surface area contributed by atoms with Crippen molar-refractivity contribution in [3.05, 3.63) is 33.8 Å². The minimum Gasteiger partial charge on any atom is -0.333 e. The van der Waals surface area contributed by atoms with Crippen molar-refractivity contribution in [2.45, 2.75) is 19.4 Å². The Bertz CT molecular complexity index is 559. The summed E-state index contributed by atoms with van der Waals surface area (Å²) < 4.78 is 0. The maximum absolute atomic E-state index is 12.8. The summed E-state index contributed by atoms with van der Waals surface area (Å²) >= 11 is 11.9. The van der Waals surface area contributed by atoms with E-state index < -0.39 is 0 Å². The van der Waals surface area contributed by atoms with Crippen LogP contribution in [0.5, 0.6) is 0 Å². The van der Waals surface area contributed by atoms with Gasteiger partial charge in [0.2, 0.25) is 0 Å². The molecule has 3 nitrogen and oxygen atoms in total. The monoisotopic (exact) mass is 312 g/mol. The number of likely N-dealkylation sites (tertiary alicyclic amines) is 1. The van der Waals surface area contributed by atoms with Crippen molar-refractivity contribution in [1.82, 2.24) is 10.2 Å². The van der Waals surface area contributed by atoms with Gasteiger partial charge in [-0.25, -0.2) is 0 Å². The average Bonchev–Trinajstić information content (AvgIpc) is 2.95. The number of benzene rings is 1. The van der Waals surface area contributed by atoms with Gasteiger partial charge in [0, 0.05) is 30.7 Å². The van der Waals surface area contributed by atoms with Crippen LogP contribution >= 0.6 is 23.2 Å². The highest BCUT2D eigenvalue weighted by Crippen LogP contribution is 2.41. The van der Waals surface area contributed by atoms with Crippen molar-refractivity contribution < 1.29 is 4.79 Å². The molecule has 2 heterocycles. The Labute approximate surface area is 129 Å². The van der Waals surface area contributed by atoms with Gasteiger partial charge in [0.1, 0.15) is 0 Å². The van der Waals surface area contributed by atoms with Gasteiger partial charge >= 0.3 is 0 Å². The second kappa shape index (κ2) is 4.90. The van der Waals surface area contributed by atoms with Gasteiger partial charge in [0.15, 0.2) is 0 Å². The first-order valence-electron chi connectivity index (χ1n) is 6.89. The highest BCUT2D eigenvalue weighted by Gasteiger charge is 2.51. The Morgan fingerprint density at radius 2 is 2.05 bits per heavy atom. The smallest absolute Gasteiger partial charge is 0.254 e. The third-order valence-corrected chi connectivity index (χ3v) is 5.51. The van der Waals surface area contributed by atoms with Gasteiger partial charge in [0.05, 0.1) is 10.0 Å². The molecular weight excluding hydrogens is 295 g/mol. The molecule has 2 saturated heterocycles. The zero-order chi connectivity index (χ0) is 14.5. The van der Waals surface area contributed by atoms with Crippen LogP contribution in [0.4, 0.5) is 0 Å². The number of carbonyl (C=O) groups excluding carboxylic acids is 1. The van der Waals surface area contributed by atoms with E-state index in [0.717, 1.165) is 19.6 Å². The molecule has 1 aromatic rings. The first kappa shape index (κ1) is 14.2. The van der Waals surface area contributed by atoms with E-state index in [1.807, 2.05) is 4.90 Å². The molecule has 2 aliphatic rings. The molecule has 3 rings (SSSR count). The minimum absolute atomic E-state index is 0.0444. The van der Waals surface area contributed by atoms with Crippen LogP contribution in [0.2, 0.25) is 10.0 Å². The lowest BCUT2D eigenvalue weighted by Gasteiger charge is -2.35. The topological polar surface area (TPSA) is 32.3 Å². The summed E-state index contributed by atoms with van der Waals surface area (Å²) in [4.78, 5) is 14.7. The predicted molar refractivity (Wildman–Crippen MR) is 81.4 cm³/mol. The largest absolute Gasteiger partial charge is 0.333 e. The quantitative estimate of drug-likeness (QED) is 0.864. The predicted octanol–water partition coefficient (Wildman–Crippen LogP) is 3.06. The van der Waals surface area contributed by atoms with Gasteiger partial charge in [-0.1, -0.05) is 23.2 Å². The Morgan fingerprint density at radius 3 is 2.70 bits per heavy atom. The molecule has 0 bridgehead atoms. The molecule has 1 N–H and O–H groups in total. The van der Waals surface area contributed by atoms with Crippen molar-refractivity contribution in [3.63, 3.8) is 0 Å². The Morgan fingerprint density at radius 1 is 1.30 bits per heavy atom. The van der Waals surface area contributed by atoms with Crippen molar-refractivity contribution in [1.29, 1.82) is 0 Å². The molecule has 2 atom stereocenters. The molecule has 108 valence electrons. The molecule has 1 amide bonds. The van der Waals surface area contributed by atoms with E-state index in [2.05, 4.69) is 19.2 Å². The molecular formula is C15H18Cl2N2O. The van der Waals surface area contributed by atoms with Crippen LogP contribution in [0.15, 0.2) is 18.2 Å². The number of carbonyl (C=O) groups is 1. The number of hydrogen-bond donors (Lipinski definition) is 1. The molecule has 0 saturated carbocycles. The summed E-state index contributed by atoms with van der Waals surface area (Å²) in [5.74, 6) is 1.12. The van der Waals surface area contributed by atoms with E-state index in [9.17, 15) is 4.79 Å². The first-order chi connectivity index (χ1) is 9.41. The zero-order valence-electron chi connectivity index (χ0n) is 11.6. The second-order valence-electron chi connectivity index (χ2n) is 6.22. The summed E-state index contributed by atoms with van der Waals surface area (Å²) in [5, 5.41) is 4.32. The molecule has 2 fully saturated rings. The molecule has 5 heteroatoms. The highest BCUT2D eigenvalue weighted by molar-refractivity contribution is 6.42. The molecule has 0 radical (unpaired) electrons. The number of hydrogen-bond acceptors (Lipinski definition) is 2. The third-order valence-electron chi connectivity index (χ3n) is 4.77. The van der Waals surface area contributed by atoms with E-state index >= 15 is 0 Å². The van der Waals surface area contributed by atoms with Gasteiger partial charge in [-0.05, 0) is 43.9 Å². The van der Waals surface area contributed by atoms with E-state index in [4.69, 9.17) is 23.2 Å². The Hall–Kier alpha value is -0.770. The van der Waals surface area contributed by atoms with E-state index in [1.54, 1.807) is 18.2 Å². The number of amides is 1. The van der Waals surface area contributed by atoms with Gasteiger partial charge < -0.3 is 10.2 Å². The standard InChI is InChI=1S/C15H18Cl2N2O/c1-15(2)11-7-18-6-10(11)8-19(15)14(20)9-3-4-12(16)13(17)5-9/h3-5,10-11,18H,6-8H2,1-2H3. The molecule has 20 heavy (non-hydrogen) atoms. The van der Waals surface area contributed by atoms with Crippen molar-refractivity contribution in [3.8, 4) is 0 Å². The summed E-state index contributed by atoms with van der Waals surface area (Å²) in [6, 6.07) is 5.09. The first-order valence-corrected chi connectivity index (χ1v) is 7.64. The average molecular weight is 313 g/mol. The van der Waals surface area contributed by atoms with Crippen molar-refractivity contribution in [2.75, 3.05) is 19.6 Å². The number of fused-ring (bicyclic) bond motifs is 1. The van der Waals surface area contributed by atoms with Crippen LogP contribution in [0.1, 0.15) is 24.2 Å². The summed E-state index contributed by atoms with van der Waals surface area (Å²) in [6.45, 7) is 7.10. The van der Waals surface area contributed by atoms with Crippen molar-refractivity contribution >= 4 is 29.1 Å². The van der Waals surface area contributed by atoms with Gasteiger partial charge in [-0.15, -0.1) is 0 Å².